The van der Waals surface area contributed by atoms with Crippen molar-refractivity contribution in [2.45, 2.75) is 58.3 Å². The summed E-state index contributed by atoms with van der Waals surface area (Å²) in [5.41, 5.74) is 0.305. The van der Waals surface area contributed by atoms with Crippen LogP contribution in [0.3, 0.4) is 0 Å². The third kappa shape index (κ3) is 5.59. The molecule has 1 atom stereocenters. The fourth-order valence-electron chi connectivity index (χ4n) is 3.74. The normalized spacial score (nSPS) is 24.3. The molecule has 1 saturated carbocycles. The average molecular weight is 296 g/mol. The second-order valence-electron chi connectivity index (χ2n) is 6.83. The van der Waals surface area contributed by atoms with Crippen molar-refractivity contribution in [3.05, 3.63) is 0 Å². The third-order valence-corrected chi connectivity index (χ3v) is 5.25. The van der Waals surface area contributed by atoms with Gasteiger partial charge in [-0.2, -0.15) is 0 Å². The van der Waals surface area contributed by atoms with Gasteiger partial charge in [0.25, 0.3) is 0 Å². The second-order valence-corrected chi connectivity index (χ2v) is 6.83. The van der Waals surface area contributed by atoms with Crippen molar-refractivity contribution < 1.29 is 9.53 Å². The molecule has 0 spiro atoms. The minimum Gasteiger partial charge on any atom is -0.382 e. The Morgan fingerprint density at radius 3 is 2.86 bits per heavy atom. The molecule has 2 N–H and O–H groups in total. The van der Waals surface area contributed by atoms with Crippen LogP contribution in [-0.2, 0) is 9.53 Å². The molecule has 0 aromatic carbocycles. The molecule has 1 saturated heterocycles. The van der Waals surface area contributed by atoms with Crippen LogP contribution in [0, 0.1) is 11.3 Å². The number of hydrogen-bond acceptors (Lipinski definition) is 3. The number of carbonyl (C=O) groups is 1. The van der Waals surface area contributed by atoms with E-state index in [9.17, 15) is 4.79 Å². The summed E-state index contributed by atoms with van der Waals surface area (Å²) in [4.78, 5) is 12.1. The Morgan fingerprint density at radius 1 is 1.38 bits per heavy atom. The number of carbonyl (C=O) groups excluding carboxylic acids is 1. The molecule has 4 heteroatoms. The summed E-state index contributed by atoms with van der Waals surface area (Å²) >= 11 is 0. The molecule has 2 aliphatic rings. The molecule has 1 aliphatic carbocycles. The Labute approximate surface area is 129 Å². The molecular formula is C17H32N2O2. The van der Waals surface area contributed by atoms with E-state index >= 15 is 0 Å². The molecule has 2 fully saturated rings. The van der Waals surface area contributed by atoms with Crippen LogP contribution in [0.4, 0.5) is 0 Å². The summed E-state index contributed by atoms with van der Waals surface area (Å²) in [5.74, 6) is 0.943. The highest BCUT2D eigenvalue weighted by molar-refractivity contribution is 5.75. The van der Waals surface area contributed by atoms with Gasteiger partial charge >= 0.3 is 0 Å². The molecule has 21 heavy (non-hydrogen) atoms. The van der Waals surface area contributed by atoms with E-state index in [-0.39, 0.29) is 5.91 Å². The number of hydrogen-bond donors (Lipinski definition) is 2. The number of rotatable bonds is 9. The maximum absolute atomic E-state index is 12.1. The van der Waals surface area contributed by atoms with Crippen LogP contribution < -0.4 is 10.6 Å². The highest BCUT2D eigenvalue weighted by Gasteiger charge is 2.33. The molecule has 1 aliphatic heterocycles. The number of nitrogens with one attached hydrogen (secondary N) is 2. The zero-order chi connectivity index (χ0) is 15.0. The lowest BCUT2D eigenvalue weighted by molar-refractivity contribution is -0.122. The van der Waals surface area contributed by atoms with Crippen LogP contribution in [0.1, 0.15) is 58.3 Å². The summed E-state index contributed by atoms with van der Waals surface area (Å²) in [7, 11) is 0. The van der Waals surface area contributed by atoms with Crippen molar-refractivity contribution >= 4 is 5.91 Å². The third-order valence-electron chi connectivity index (χ3n) is 5.25. The molecule has 0 aromatic rings. The lowest BCUT2D eigenvalue weighted by Crippen LogP contribution is -2.37. The fourth-order valence-corrected chi connectivity index (χ4v) is 3.74. The van der Waals surface area contributed by atoms with Crippen LogP contribution in [0.5, 0.6) is 0 Å². The first-order valence-corrected chi connectivity index (χ1v) is 8.79. The molecule has 4 nitrogen and oxygen atoms in total. The summed E-state index contributed by atoms with van der Waals surface area (Å²) in [5, 5.41) is 6.56. The molecule has 2 rings (SSSR count). The van der Waals surface area contributed by atoms with E-state index in [0.29, 0.717) is 17.8 Å². The van der Waals surface area contributed by atoms with E-state index in [2.05, 4.69) is 10.6 Å². The van der Waals surface area contributed by atoms with Gasteiger partial charge in [-0.05, 0) is 63.5 Å². The summed E-state index contributed by atoms with van der Waals surface area (Å²) < 4.78 is 5.52. The van der Waals surface area contributed by atoms with E-state index < -0.39 is 0 Å². The summed E-state index contributed by atoms with van der Waals surface area (Å²) in [6, 6.07) is 0. The van der Waals surface area contributed by atoms with E-state index in [1.807, 2.05) is 6.92 Å². The van der Waals surface area contributed by atoms with Gasteiger partial charge in [0.1, 0.15) is 0 Å². The predicted molar refractivity (Wildman–Crippen MR) is 85.2 cm³/mol. The van der Waals surface area contributed by atoms with Gasteiger partial charge in [0, 0.05) is 26.2 Å². The molecule has 0 aromatic heterocycles. The van der Waals surface area contributed by atoms with Gasteiger partial charge in [0.05, 0.1) is 0 Å². The minimum atomic E-state index is 0.240. The maximum atomic E-state index is 12.1. The number of ether oxygens (including phenoxy) is 1. The van der Waals surface area contributed by atoms with Crippen molar-refractivity contribution in [3.63, 3.8) is 0 Å². The SMILES string of the molecule is CCOCCC1(CNC(=O)CCC2CCNC2)CCCC1. The quantitative estimate of drug-likeness (QED) is 0.643. The minimum absolute atomic E-state index is 0.240. The van der Waals surface area contributed by atoms with Crippen LogP contribution in [-0.4, -0.2) is 38.8 Å². The first-order valence-electron chi connectivity index (χ1n) is 8.79. The van der Waals surface area contributed by atoms with E-state index in [4.69, 9.17) is 4.74 Å². The molecule has 0 radical (unpaired) electrons. The Kier molecular flexibility index (Phi) is 6.97. The molecule has 1 heterocycles. The first-order chi connectivity index (χ1) is 10.2. The molecule has 122 valence electrons. The largest absolute Gasteiger partial charge is 0.382 e. The summed E-state index contributed by atoms with van der Waals surface area (Å²) in [6.45, 7) is 6.72. The average Bonchev–Trinajstić information content (AvgIpc) is 3.15. The van der Waals surface area contributed by atoms with Crippen LogP contribution >= 0.6 is 0 Å². The van der Waals surface area contributed by atoms with Crippen LogP contribution in [0.2, 0.25) is 0 Å². The molecule has 1 unspecified atom stereocenters. The highest BCUT2D eigenvalue weighted by atomic mass is 16.5. The maximum Gasteiger partial charge on any atom is 0.220 e. The van der Waals surface area contributed by atoms with Crippen molar-refractivity contribution in [2.24, 2.45) is 11.3 Å². The Bertz CT molecular complexity index is 308. The van der Waals surface area contributed by atoms with Crippen molar-refractivity contribution in [2.75, 3.05) is 32.8 Å². The van der Waals surface area contributed by atoms with Gasteiger partial charge in [-0.3, -0.25) is 4.79 Å². The molecular weight excluding hydrogens is 264 g/mol. The van der Waals surface area contributed by atoms with Gasteiger partial charge in [-0.25, -0.2) is 0 Å². The van der Waals surface area contributed by atoms with E-state index in [1.54, 1.807) is 0 Å². The van der Waals surface area contributed by atoms with Crippen molar-refractivity contribution in [1.29, 1.82) is 0 Å². The standard InChI is InChI=1S/C17H32N2O2/c1-2-21-12-10-17(8-3-4-9-17)14-19-16(20)6-5-15-7-11-18-13-15/h15,18H,2-14H2,1H3,(H,19,20). The Balaban J connectivity index is 1.66. The van der Waals surface area contributed by atoms with Gasteiger partial charge in [0.15, 0.2) is 0 Å². The fraction of sp³-hybridized carbons (Fsp3) is 0.941. The molecule has 0 bridgehead atoms. The highest BCUT2D eigenvalue weighted by Crippen LogP contribution is 2.40. The zero-order valence-corrected chi connectivity index (χ0v) is 13.6. The lowest BCUT2D eigenvalue weighted by atomic mass is 9.83. The van der Waals surface area contributed by atoms with Gasteiger partial charge < -0.3 is 15.4 Å². The zero-order valence-electron chi connectivity index (χ0n) is 13.6. The molecule has 1 amide bonds. The van der Waals surface area contributed by atoms with Gasteiger partial charge in [-0.1, -0.05) is 12.8 Å². The summed E-state index contributed by atoms with van der Waals surface area (Å²) in [6.07, 6.45) is 9.13. The monoisotopic (exact) mass is 296 g/mol. The van der Waals surface area contributed by atoms with Crippen molar-refractivity contribution in [3.8, 4) is 0 Å². The Hall–Kier alpha value is -0.610. The predicted octanol–water partition coefficient (Wildman–Crippen LogP) is 2.48. The topological polar surface area (TPSA) is 50.4 Å². The van der Waals surface area contributed by atoms with E-state index in [1.165, 1.54) is 32.1 Å². The van der Waals surface area contributed by atoms with Crippen LogP contribution in [0.25, 0.3) is 0 Å². The van der Waals surface area contributed by atoms with Crippen molar-refractivity contribution in [1.82, 2.24) is 10.6 Å². The smallest absolute Gasteiger partial charge is 0.220 e. The van der Waals surface area contributed by atoms with Gasteiger partial charge in [0.2, 0.25) is 5.91 Å². The first kappa shape index (κ1) is 16.8. The van der Waals surface area contributed by atoms with Gasteiger partial charge in [-0.15, -0.1) is 0 Å². The Morgan fingerprint density at radius 2 is 2.19 bits per heavy atom. The second kappa shape index (κ2) is 8.74. The lowest BCUT2D eigenvalue weighted by Gasteiger charge is -2.29. The van der Waals surface area contributed by atoms with Crippen LogP contribution in [0.15, 0.2) is 0 Å². The number of amides is 1. The van der Waals surface area contributed by atoms with E-state index in [0.717, 1.165) is 45.7 Å².